The smallest absolute Gasteiger partial charge is 0.340 e. The van der Waals surface area contributed by atoms with Gasteiger partial charge in [-0.2, -0.15) is 4.68 Å². The number of rotatable bonds is 6. The molecule has 0 radical (unpaired) electrons. The maximum atomic E-state index is 5.96. The van der Waals surface area contributed by atoms with Crippen molar-refractivity contribution in [2.75, 3.05) is 19.7 Å². The fourth-order valence-corrected chi connectivity index (χ4v) is 3.46. The van der Waals surface area contributed by atoms with E-state index in [-0.39, 0.29) is 0 Å². The zero-order valence-electron chi connectivity index (χ0n) is 15.7. The molecule has 6 nitrogen and oxygen atoms in total. The molecule has 0 atom stereocenters. The maximum absolute atomic E-state index is 5.96. The van der Waals surface area contributed by atoms with Gasteiger partial charge in [0, 0.05) is 6.54 Å². The Morgan fingerprint density at radius 2 is 1.74 bits per heavy atom. The lowest BCUT2D eigenvalue weighted by molar-refractivity contribution is 0.130. The van der Waals surface area contributed by atoms with E-state index in [1.165, 1.54) is 11.1 Å². The van der Waals surface area contributed by atoms with Crippen molar-refractivity contribution in [2.24, 2.45) is 5.92 Å². The van der Waals surface area contributed by atoms with Gasteiger partial charge in [-0.15, -0.1) is 0 Å². The maximum Gasteiger partial charge on any atom is 0.340 e. The summed E-state index contributed by atoms with van der Waals surface area (Å²) in [6.45, 7) is 5.95. The minimum atomic E-state index is 0.463. The second kappa shape index (κ2) is 8.31. The first-order chi connectivity index (χ1) is 13.3. The summed E-state index contributed by atoms with van der Waals surface area (Å²) in [6.07, 6.45) is 2.28. The summed E-state index contributed by atoms with van der Waals surface area (Å²) in [5, 5.41) is 11.9. The van der Waals surface area contributed by atoms with Crippen molar-refractivity contribution < 1.29 is 4.74 Å². The molecule has 1 fully saturated rings. The second-order valence-corrected chi connectivity index (χ2v) is 7.22. The SMILES string of the molecule is Cc1ccc(-n2nnnc2OCC2CCN(Cc3ccccc3)CC2)cc1. The van der Waals surface area contributed by atoms with Crippen molar-refractivity contribution in [3.05, 3.63) is 65.7 Å². The molecule has 1 saturated heterocycles. The van der Waals surface area contributed by atoms with E-state index in [2.05, 4.69) is 57.7 Å². The van der Waals surface area contributed by atoms with Crippen molar-refractivity contribution in [1.29, 1.82) is 0 Å². The lowest BCUT2D eigenvalue weighted by Gasteiger charge is -2.31. The number of hydrogen-bond donors (Lipinski definition) is 0. The van der Waals surface area contributed by atoms with Crippen LogP contribution in [0.2, 0.25) is 0 Å². The van der Waals surface area contributed by atoms with Gasteiger partial charge < -0.3 is 4.74 Å². The third-order valence-electron chi connectivity index (χ3n) is 5.12. The van der Waals surface area contributed by atoms with E-state index < -0.39 is 0 Å². The molecule has 0 saturated carbocycles. The molecule has 3 aromatic rings. The van der Waals surface area contributed by atoms with Gasteiger partial charge in [0.25, 0.3) is 0 Å². The molecule has 2 aromatic carbocycles. The van der Waals surface area contributed by atoms with Crippen LogP contribution in [0.1, 0.15) is 24.0 Å². The highest BCUT2D eigenvalue weighted by atomic mass is 16.5. The summed E-state index contributed by atoms with van der Waals surface area (Å²) < 4.78 is 7.62. The van der Waals surface area contributed by atoms with Crippen molar-refractivity contribution in [3.63, 3.8) is 0 Å². The monoisotopic (exact) mass is 363 g/mol. The Balaban J connectivity index is 1.28. The number of likely N-dealkylation sites (tertiary alicyclic amines) is 1. The van der Waals surface area contributed by atoms with Gasteiger partial charge in [0.2, 0.25) is 0 Å². The number of benzene rings is 2. The van der Waals surface area contributed by atoms with Gasteiger partial charge in [0.1, 0.15) is 0 Å². The summed E-state index contributed by atoms with van der Waals surface area (Å²) in [6, 6.07) is 19.2. The molecule has 0 amide bonds. The highest BCUT2D eigenvalue weighted by molar-refractivity contribution is 5.34. The van der Waals surface area contributed by atoms with Crippen LogP contribution in [-0.4, -0.2) is 44.8 Å². The molecule has 0 bridgehead atoms. The molecular weight excluding hydrogens is 338 g/mol. The largest absolute Gasteiger partial charge is 0.462 e. The third-order valence-corrected chi connectivity index (χ3v) is 5.12. The zero-order valence-corrected chi connectivity index (χ0v) is 15.7. The molecule has 0 aliphatic carbocycles. The van der Waals surface area contributed by atoms with Crippen LogP contribution in [0.5, 0.6) is 6.01 Å². The Kier molecular flexibility index (Phi) is 5.44. The average molecular weight is 363 g/mol. The number of nitrogens with zero attached hydrogens (tertiary/aromatic N) is 5. The van der Waals surface area contributed by atoms with E-state index in [1.807, 2.05) is 24.3 Å². The molecule has 6 heteroatoms. The van der Waals surface area contributed by atoms with E-state index in [0.717, 1.165) is 38.2 Å². The molecule has 4 rings (SSSR count). The average Bonchev–Trinajstić information content (AvgIpc) is 3.17. The molecular formula is C21H25N5O. The lowest BCUT2D eigenvalue weighted by Crippen LogP contribution is -2.35. The van der Waals surface area contributed by atoms with E-state index in [9.17, 15) is 0 Å². The van der Waals surface area contributed by atoms with Gasteiger partial charge in [0.05, 0.1) is 12.3 Å². The summed E-state index contributed by atoms with van der Waals surface area (Å²) >= 11 is 0. The van der Waals surface area contributed by atoms with Gasteiger partial charge in [-0.25, -0.2) is 0 Å². The van der Waals surface area contributed by atoms with Crippen LogP contribution >= 0.6 is 0 Å². The number of ether oxygens (including phenoxy) is 1. The van der Waals surface area contributed by atoms with Crippen LogP contribution in [0.15, 0.2) is 54.6 Å². The molecule has 0 unspecified atom stereocenters. The highest BCUT2D eigenvalue weighted by Gasteiger charge is 2.21. The Labute approximate surface area is 159 Å². The Bertz CT molecular complexity index is 839. The van der Waals surface area contributed by atoms with Gasteiger partial charge >= 0.3 is 6.01 Å². The third kappa shape index (κ3) is 4.52. The predicted molar refractivity (Wildman–Crippen MR) is 104 cm³/mol. The topological polar surface area (TPSA) is 56.1 Å². The quantitative estimate of drug-likeness (QED) is 0.673. The lowest BCUT2D eigenvalue weighted by atomic mass is 9.97. The van der Waals surface area contributed by atoms with E-state index in [0.29, 0.717) is 18.5 Å². The summed E-state index contributed by atoms with van der Waals surface area (Å²) in [5.41, 5.74) is 3.50. The Morgan fingerprint density at radius 3 is 2.48 bits per heavy atom. The molecule has 1 aliphatic heterocycles. The van der Waals surface area contributed by atoms with Gasteiger partial charge in [-0.1, -0.05) is 53.1 Å². The minimum absolute atomic E-state index is 0.463. The normalized spacial score (nSPS) is 15.7. The van der Waals surface area contributed by atoms with Gasteiger partial charge in [-0.05, 0) is 66.9 Å². The molecule has 0 N–H and O–H groups in total. The van der Waals surface area contributed by atoms with Crippen LogP contribution < -0.4 is 4.74 Å². The second-order valence-electron chi connectivity index (χ2n) is 7.22. The van der Waals surface area contributed by atoms with Crippen LogP contribution in [0, 0.1) is 12.8 Å². The number of tetrazole rings is 1. The van der Waals surface area contributed by atoms with E-state index in [4.69, 9.17) is 4.74 Å². The van der Waals surface area contributed by atoms with E-state index >= 15 is 0 Å². The Hall–Kier alpha value is -2.73. The number of aromatic nitrogens is 4. The van der Waals surface area contributed by atoms with E-state index in [1.54, 1.807) is 4.68 Å². The summed E-state index contributed by atoms with van der Waals surface area (Å²) in [5.74, 6) is 0.542. The van der Waals surface area contributed by atoms with Crippen LogP contribution in [0.3, 0.4) is 0 Å². The highest BCUT2D eigenvalue weighted by Crippen LogP contribution is 2.21. The predicted octanol–water partition coefficient (Wildman–Crippen LogP) is 3.26. The molecule has 0 spiro atoms. The first-order valence-electron chi connectivity index (χ1n) is 9.52. The summed E-state index contributed by atoms with van der Waals surface area (Å²) in [4.78, 5) is 2.52. The fraction of sp³-hybridized carbons (Fsp3) is 0.381. The molecule has 27 heavy (non-hydrogen) atoms. The molecule has 140 valence electrons. The Morgan fingerprint density at radius 1 is 1.00 bits per heavy atom. The van der Waals surface area contributed by atoms with Crippen molar-refractivity contribution in [2.45, 2.75) is 26.3 Å². The fourth-order valence-electron chi connectivity index (χ4n) is 3.46. The first-order valence-corrected chi connectivity index (χ1v) is 9.52. The minimum Gasteiger partial charge on any atom is -0.462 e. The number of hydrogen-bond acceptors (Lipinski definition) is 5. The van der Waals surface area contributed by atoms with Crippen LogP contribution in [-0.2, 0) is 6.54 Å². The number of aryl methyl sites for hydroxylation is 1. The molecule has 2 heterocycles. The van der Waals surface area contributed by atoms with Crippen molar-refractivity contribution >= 4 is 0 Å². The first kappa shape index (κ1) is 17.7. The summed E-state index contributed by atoms with van der Waals surface area (Å²) in [7, 11) is 0. The van der Waals surface area contributed by atoms with Crippen molar-refractivity contribution in [1.82, 2.24) is 25.1 Å². The molecule has 1 aromatic heterocycles. The van der Waals surface area contributed by atoms with Crippen molar-refractivity contribution in [3.8, 4) is 11.7 Å². The van der Waals surface area contributed by atoms with Crippen LogP contribution in [0.25, 0.3) is 5.69 Å². The number of piperidine rings is 1. The standard InChI is InChI=1S/C21H25N5O/c1-17-7-9-20(10-8-17)26-21(22-23-24-26)27-16-19-11-13-25(14-12-19)15-18-5-3-2-4-6-18/h2-10,19H,11-16H2,1H3. The van der Waals surface area contributed by atoms with Gasteiger partial charge in [-0.3, -0.25) is 4.90 Å². The van der Waals surface area contributed by atoms with Crippen LogP contribution in [0.4, 0.5) is 0 Å². The molecule has 1 aliphatic rings. The zero-order chi connectivity index (χ0) is 18.5. The van der Waals surface area contributed by atoms with Gasteiger partial charge in [0.15, 0.2) is 0 Å².